The number of anilines is 2. The number of carboxylic acids is 1. The molecule has 0 fully saturated rings. The third-order valence-electron chi connectivity index (χ3n) is 3.82. The summed E-state index contributed by atoms with van der Waals surface area (Å²) in [6, 6.07) is 9.89. The van der Waals surface area contributed by atoms with Crippen LogP contribution in [0.5, 0.6) is 5.75 Å². The number of carbonyl (C=O) groups excluding carboxylic acids is 2. The molecular weight excluding hydrogens is 404 g/mol. The second-order valence-electron chi connectivity index (χ2n) is 5.84. The highest BCUT2D eigenvalue weighted by Crippen LogP contribution is 2.32. The van der Waals surface area contributed by atoms with Gasteiger partial charge in [-0.3, -0.25) is 4.79 Å². The number of halogens is 1. The standard InChI is InChI=1S/C18H15BrN2O5/c1-10-2-5-15-14(6-10)21(9-17(23)26-15)8-16(22)20-13-4-3-11(19)7-12(13)18(24)25/h2-7H,8-9H2,1H3,(H,20,22)(H,24,25). The number of carbonyl (C=O) groups is 3. The highest BCUT2D eigenvalue weighted by Gasteiger charge is 2.26. The van der Waals surface area contributed by atoms with Crippen LogP contribution < -0.4 is 15.0 Å². The number of ether oxygens (including phenoxy) is 1. The Hall–Kier alpha value is -2.87. The zero-order chi connectivity index (χ0) is 18.8. The number of rotatable bonds is 4. The molecule has 2 N–H and O–H groups in total. The summed E-state index contributed by atoms with van der Waals surface area (Å²) in [7, 11) is 0. The summed E-state index contributed by atoms with van der Waals surface area (Å²) in [5, 5.41) is 11.9. The van der Waals surface area contributed by atoms with Crippen LogP contribution in [0.3, 0.4) is 0 Å². The van der Waals surface area contributed by atoms with Gasteiger partial charge in [0.1, 0.15) is 6.54 Å². The second-order valence-corrected chi connectivity index (χ2v) is 6.76. The van der Waals surface area contributed by atoms with E-state index in [0.717, 1.165) is 5.56 Å². The van der Waals surface area contributed by atoms with Crippen LogP contribution in [0.25, 0.3) is 0 Å². The number of carboxylic acid groups (broad SMARTS) is 1. The molecule has 0 atom stereocenters. The Bertz CT molecular complexity index is 912. The number of hydrogen-bond donors (Lipinski definition) is 2. The lowest BCUT2D eigenvalue weighted by Gasteiger charge is -2.29. The monoisotopic (exact) mass is 418 g/mol. The average molecular weight is 419 g/mol. The Kier molecular flexibility index (Phi) is 4.94. The Morgan fingerprint density at radius 1 is 1.27 bits per heavy atom. The van der Waals surface area contributed by atoms with Crippen LogP contribution in [0.4, 0.5) is 11.4 Å². The van der Waals surface area contributed by atoms with Crippen molar-refractivity contribution in [2.24, 2.45) is 0 Å². The summed E-state index contributed by atoms with van der Waals surface area (Å²) in [6.07, 6.45) is 0. The fourth-order valence-electron chi connectivity index (χ4n) is 2.66. The van der Waals surface area contributed by atoms with E-state index in [2.05, 4.69) is 21.2 Å². The van der Waals surface area contributed by atoms with Crippen LogP contribution in [0.1, 0.15) is 15.9 Å². The number of amides is 1. The van der Waals surface area contributed by atoms with E-state index in [9.17, 15) is 19.5 Å². The minimum Gasteiger partial charge on any atom is -0.478 e. The summed E-state index contributed by atoms with van der Waals surface area (Å²) >= 11 is 3.21. The van der Waals surface area contributed by atoms with E-state index in [1.165, 1.54) is 12.1 Å². The Labute approximate surface area is 157 Å². The van der Waals surface area contributed by atoms with Crippen LogP contribution in [0, 0.1) is 6.92 Å². The number of nitrogens with zero attached hydrogens (tertiary/aromatic N) is 1. The molecule has 2 aromatic rings. The number of esters is 1. The van der Waals surface area contributed by atoms with Crippen LogP contribution in [-0.4, -0.2) is 36.0 Å². The predicted octanol–water partition coefficient (Wildman–Crippen LogP) is 2.82. The van der Waals surface area contributed by atoms with Crippen molar-refractivity contribution in [2.45, 2.75) is 6.92 Å². The summed E-state index contributed by atoms with van der Waals surface area (Å²) in [4.78, 5) is 37.1. The molecule has 1 aliphatic rings. The molecule has 0 aromatic heterocycles. The number of aromatic carboxylic acids is 1. The number of fused-ring (bicyclic) bond motifs is 1. The van der Waals surface area contributed by atoms with Gasteiger partial charge in [-0.2, -0.15) is 0 Å². The van der Waals surface area contributed by atoms with Gasteiger partial charge in [0.2, 0.25) is 5.91 Å². The van der Waals surface area contributed by atoms with Crippen molar-refractivity contribution in [3.63, 3.8) is 0 Å². The van der Waals surface area contributed by atoms with E-state index in [1.54, 1.807) is 17.0 Å². The molecule has 26 heavy (non-hydrogen) atoms. The largest absolute Gasteiger partial charge is 0.478 e. The van der Waals surface area contributed by atoms with Gasteiger partial charge < -0.3 is 20.1 Å². The molecule has 1 amide bonds. The zero-order valence-corrected chi connectivity index (χ0v) is 15.4. The predicted molar refractivity (Wildman–Crippen MR) is 98.8 cm³/mol. The highest BCUT2D eigenvalue weighted by molar-refractivity contribution is 9.10. The van der Waals surface area contributed by atoms with E-state index in [-0.39, 0.29) is 24.3 Å². The van der Waals surface area contributed by atoms with E-state index < -0.39 is 17.8 Å². The smallest absolute Gasteiger partial charge is 0.337 e. The average Bonchev–Trinajstić information content (AvgIpc) is 2.57. The molecule has 0 unspecified atom stereocenters. The van der Waals surface area contributed by atoms with Gasteiger partial charge in [-0.25, -0.2) is 9.59 Å². The van der Waals surface area contributed by atoms with Crippen molar-refractivity contribution < 1.29 is 24.2 Å². The molecule has 3 rings (SSSR count). The second kappa shape index (κ2) is 7.17. The van der Waals surface area contributed by atoms with E-state index >= 15 is 0 Å². The molecule has 0 radical (unpaired) electrons. The molecule has 0 saturated heterocycles. The Morgan fingerprint density at radius 3 is 2.77 bits per heavy atom. The van der Waals surface area contributed by atoms with Gasteiger partial charge in [-0.05, 0) is 42.8 Å². The first-order valence-corrected chi connectivity index (χ1v) is 8.52. The van der Waals surface area contributed by atoms with Crippen molar-refractivity contribution in [1.29, 1.82) is 0 Å². The molecule has 0 saturated carbocycles. The number of hydrogen-bond acceptors (Lipinski definition) is 5. The van der Waals surface area contributed by atoms with E-state index in [4.69, 9.17) is 4.74 Å². The lowest BCUT2D eigenvalue weighted by atomic mass is 10.1. The van der Waals surface area contributed by atoms with Gasteiger partial charge in [0, 0.05) is 4.47 Å². The fraction of sp³-hybridized carbons (Fsp3) is 0.167. The molecule has 0 aliphatic carbocycles. The van der Waals surface area contributed by atoms with Crippen LogP contribution in [0.15, 0.2) is 40.9 Å². The van der Waals surface area contributed by atoms with Crippen molar-refractivity contribution in [3.05, 3.63) is 52.0 Å². The van der Waals surface area contributed by atoms with Crippen molar-refractivity contribution in [2.75, 3.05) is 23.3 Å². The SMILES string of the molecule is Cc1ccc2c(c1)N(CC(=O)Nc1ccc(Br)cc1C(=O)O)CC(=O)O2. The van der Waals surface area contributed by atoms with Gasteiger partial charge in [-0.1, -0.05) is 22.0 Å². The van der Waals surface area contributed by atoms with Gasteiger partial charge >= 0.3 is 11.9 Å². The number of nitrogens with one attached hydrogen (secondary N) is 1. The van der Waals surface area contributed by atoms with E-state index in [0.29, 0.717) is 15.9 Å². The summed E-state index contributed by atoms with van der Waals surface area (Å²) in [5.41, 5.74) is 1.78. The van der Waals surface area contributed by atoms with E-state index in [1.807, 2.05) is 19.1 Å². The van der Waals surface area contributed by atoms with Crippen LogP contribution >= 0.6 is 15.9 Å². The number of benzene rings is 2. The zero-order valence-electron chi connectivity index (χ0n) is 13.8. The van der Waals surface area contributed by atoms with Crippen LogP contribution in [0.2, 0.25) is 0 Å². The van der Waals surface area contributed by atoms with Gasteiger partial charge in [-0.15, -0.1) is 0 Å². The highest BCUT2D eigenvalue weighted by atomic mass is 79.9. The quantitative estimate of drug-likeness (QED) is 0.585. The van der Waals surface area contributed by atoms with Crippen molar-refractivity contribution in [1.82, 2.24) is 0 Å². The minimum absolute atomic E-state index is 0.0259. The topological polar surface area (TPSA) is 95.9 Å². The molecule has 134 valence electrons. The molecule has 0 spiro atoms. The van der Waals surface area contributed by atoms with Crippen LogP contribution in [-0.2, 0) is 9.59 Å². The summed E-state index contributed by atoms with van der Waals surface area (Å²) in [6.45, 7) is 1.73. The van der Waals surface area contributed by atoms with Gasteiger partial charge in [0.25, 0.3) is 0 Å². The maximum absolute atomic E-state index is 12.4. The van der Waals surface area contributed by atoms with Crippen molar-refractivity contribution in [3.8, 4) is 5.75 Å². The lowest BCUT2D eigenvalue weighted by molar-refractivity contribution is -0.133. The lowest BCUT2D eigenvalue weighted by Crippen LogP contribution is -2.41. The molecule has 1 heterocycles. The first-order valence-electron chi connectivity index (χ1n) is 7.72. The molecule has 0 bridgehead atoms. The molecule has 1 aliphatic heterocycles. The van der Waals surface area contributed by atoms with Crippen molar-refractivity contribution >= 4 is 45.2 Å². The van der Waals surface area contributed by atoms with Gasteiger partial charge in [0.05, 0.1) is 23.5 Å². The van der Waals surface area contributed by atoms with Gasteiger partial charge in [0.15, 0.2) is 5.75 Å². The molecular formula is C18H15BrN2O5. The third kappa shape index (κ3) is 3.85. The maximum Gasteiger partial charge on any atom is 0.337 e. The fourth-order valence-corrected chi connectivity index (χ4v) is 3.02. The summed E-state index contributed by atoms with van der Waals surface area (Å²) in [5.74, 6) is -1.64. The molecule has 8 heteroatoms. The minimum atomic E-state index is -1.15. The molecule has 2 aromatic carbocycles. The Balaban J connectivity index is 1.80. The number of aryl methyl sites for hydroxylation is 1. The molecule has 7 nitrogen and oxygen atoms in total. The first-order chi connectivity index (χ1) is 12.3. The third-order valence-corrected chi connectivity index (χ3v) is 4.31. The maximum atomic E-state index is 12.4. The normalized spacial score (nSPS) is 13.0. The first kappa shape index (κ1) is 17.9. The Morgan fingerprint density at radius 2 is 2.04 bits per heavy atom. The summed E-state index contributed by atoms with van der Waals surface area (Å²) < 4.78 is 5.78.